The Balaban J connectivity index is 2.07. The van der Waals surface area contributed by atoms with E-state index in [-0.39, 0.29) is 12.5 Å². The third-order valence-electron chi connectivity index (χ3n) is 3.56. The standard InChI is InChI=1S/C12H20N4O2/c1-15-11(13)10(7-14-15)12(18)16-5-2-3-9(8-16)4-6-17/h7,9,17H,2-6,8,13H2,1H3. The Labute approximate surface area is 106 Å². The number of nitrogens with two attached hydrogens (primary N) is 1. The van der Waals surface area contributed by atoms with Crippen LogP contribution in [0.15, 0.2) is 6.20 Å². The fraction of sp³-hybridized carbons (Fsp3) is 0.667. The maximum atomic E-state index is 12.3. The summed E-state index contributed by atoms with van der Waals surface area (Å²) in [5.41, 5.74) is 6.29. The third-order valence-corrected chi connectivity index (χ3v) is 3.56. The highest BCUT2D eigenvalue weighted by Gasteiger charge is 2.26. The van der Waals surface area contributed by atoms with Crippen molar-refractivity contribution in [3.63, 3.8) is 0 Å². The van der Waals surface area contributed by atoms with E-state index < -0.39 is 0 Å². The largest absolute Gasteiger partial charge is 0.396 e. The first kappa shape index (κ1) is 12.9. The lowest BCUT2D eigenvalue weighted by Gasteiger charge is -2.32. The molecule has 1 aromatic heterocycles. The highest BCUT2D eigenvalue weighted by atomic mass is 16.3. The minimum Gasteiger partial charge on any atom is -0.396 e. The average molecular weight is 252 g/mol. The Hall–Kier alpha value is -1.56. The highest BCUT2D eigenvalue weighted by molar-refractivity contribution is 5.98. The molecular weight excluding hydrogens is 232 g/mol. The molecule has 6 nitrogen and oxygen atoms in total. The van der Waals surface area contributed by atoms with E-state index >= 15 is 0 Å². The quantitative estimate of drug-likeness (QED) is 0.807. The van der Waals surface area contributed by atoms with Gasteiger partial charge < -0.3 is 15.7 Å². The molecule has 0 aromatic carbocycles. The summed E-state index contributed by atoms with van der Waals surface area (Å²) in [4.78, 5) is 14.1. The fourth-order valence-electron chi connectivity index (χ4n) is 2.45. The van der Waals surface area contributed by atoms with Gasteiger partial charge in [0, 0.05) is 26.7 Å². The zero-order valence-corrected chi connectivity index (χ0v) is 10.7. The second-order valence-electron chi connectivity index (χ2n) is 4.84. The molecule has 3 N–H and O–H groups in total. The number of nitrogen functional groups attached to an aromatic ring is 1. The first-order valence-electron chi connectivity index (χ1n) is 6.31. The van der Waals surface area contributed by atoms with Crippen LogP contribution in [0.1, 0.15) is 29.6 Å². The number of nitrogens with zero attached hydrogens (tertiary/aromatic N) is 3. The Kier molecular flexibility index (Phi) is 3.86. The molecule has 1 saturated heterocycles. The summed E-state index contributed by atoms with van der Waals surface area (Å²) < 4.78 is 1.50. The SMILES string of the molecule is Cn1ncc(C(=O)N2CCCC(CCO)C2)c1N. The number of hydrogen-bond donors (Lipinski definition) is 2. The number of carbonyl (C=O) groups is 1. The van der Waals surface area contributed by atoms with Crippen molar-refractivity contribution in [2.24, 2.45) is 13.0 Å². The van der Waals surface area contributed by atoms with Crippen LogP contribution in [-0.2, 0) is 7.05 Å². The molecule has 1 aliphatic rings. The third kappa shape index (κ3) is 2.48. The topological polar surface area (TPSA) is 84.4 Å². The molecule has 0 radical (unpaired) electrons. The normalized spacial score (nSPS) is 20.1. The summed E-state index contributed by atoms with van der Waals surface area (Å²) in [6.45, 7) is 1.64. The van der Waals surface area contributed by atoms with Crippen molar-refractivity contribution in [3.05, 3.63) is 11.8 Å². The molecule has 0 aliphatic carbocycles. The molecule has 1 unspecified atom stereocenters. The van der Waals surface area contributed by atoms with Crippen LogP contribution < -0.4 is 5.73 Å². The van der Waals surface area contributed by atoms with E-state index in [9.17, 15) is 4.79 Å². The van der Waals surface area contributed by atoms with Crippen molar-refractivity contribution in [3.8, 4) is 0 Å². The van der Waals surface area contributed by atoms with Crippen molar-refractivity contribution in [2.45, 2.75) is 19.3 Å². The molecule has 1 aromatic rings. The van der Waals surface area contributed by atoms with E-state index in [1.54, 1.807) is 7.05 Å². The lowest BCUT2D eigenvalue weighted by atomic mass is 9.95. The van der Waals surface area contributed by atoms with Gasteiger partial charge in [0.15, 0.2) is 0 Å². The molecule has 2 rings (SSSR count). The predicted molar refractivity (Wildman–Crippen MR) is 68.0 cm³/mol. The zero-order valence-electron chi connectivity index (χ0n) is 10.7. The fourth-order valence-corrected chi connectivity index (χ4v) is 2.45. The van der Waals surface area contributed by atoms with Gasteiger partial charge in [-0.2, -0.15) is 5.10 Å². The molecule has 2 heterocycles. The number of aliphatic hydroxyl groups is 1. The van der Waals surface area contributed by atoms with Crippen molar-refractivity contribution < 1.29 is 9.90 Å². The second kappa shape index (κ2) is 5.39. The molecule has 0 spiro atoms. The minimum atomic E-state index is -0.0526. The Morgan fingerprint density at radius 3 is 3.06 bits per heavy atom. The zero-order chi connectivity index (χ0) is 13.1. The van der Waals surface area contributed by atoms with E-state index in [1.807, 2.05) is 4.90 Å². The van der Waals surface area contributed by atoms with Crippen molar-refractivity contribution in [1.29, 1.82) is 0 Å². The van der Waals surface area contributed by atoms with Crippen LogP contribution in [0.4, 0.5) is 5.82 Å². The number of anilines is 1. The van der Waals surface area contributed by atoms with Gasteiger partial charge in [-0.05, 0) is 25.2 Å². The van der Waals surface area contributed by atoms with E-state index in [1.165, 1.54) is 10.9 Å². The van der Waals surface area contributed by atoms with Gasteiger partial charge in [0.25, 0.3) is 5.91 Å². The number of piperidine rings is 1. The van der Waals surface area contributed by atoms with E-state index in [0.717, 1.165) is 25.8 Å². The Bertz CT molecular complexity index is 428. The molecule has 100 valence electrons. The lowest BCUT2D eigenvalue weighted by Crippen LogP contribution is -2.40. The van der Waals surface area contributed by atoms with Crippen LogP contribution >= 0.6 is 0 Å². The van der Waals surface area contributed by atoms with E-state index in [0.29, 0.717) is 23.8 Å². The maximum Gasteiger partial charge on any atom is 0.259 e. The number of amides is 1. The summed E-state index contributed by atoms with van der Waals surface area (Å²) in [5, 5.41) is 13.0. The number of rotatable bonds is 3. The van der Waals surface area contributed by atoms with Crippen LogP contribution in [-0.4, -0.2) is 45.4 Å². The minimum absolute atomic E-state index is 0.0526. The summed E-state index contributed by atoms with van der Waals surface area (Å²) in [6, 6.07) is 0. The molecule has 6 heteroatoms. The first-order chi connectivity index (χ1) is 8.63. The van der Waals surface area contributed by atoms with Gasteiger partial charge in [-0.3, -0.25) is 9.48 Å². The summed E-state index contributed by atoms with van der Waals surface area (Å²) in [5.74, 6) is 0.748. The summed E-state index contributed by atoms with van der Waals surface area (Å²) >= 11 is 0. The van der Waals surface area contributed by atoms with Gasteiger partial charge in [0.2, 0.25) is 0 Å². The molecule has 18 heavy (non-hydrogen) atoms. The molecule has 0 bridgehead atoms. The van der Waals surface area contributed by atoms with Gasteiger partial charge in [-0.25, -0.2) is 0 Å². The second-order valence-corrected chi connectivity index (χ2v) is 4.84. The van der Waals surface area contributed by atoms with Crippen molar-refractivity contribution in [2.75, 3.05) is 25.4 Å². The summed E-state index contributed by atoms with van der Waals surface area (Å²) in [6.07, 6.45) is 4.34. The lowest BCUT2D eigenvalue weighted by molar-refractivity contribution is 0.0654. The van der Waals surface area contributed by atoms with Crippen LogP contribution in [0.25, 0.3) is 0 Å². The van der Waals surface area contributed by atoms with Gasteiger partial charge in [-0.15, -0.1) is 0 Å². The molecule has 1 amide bonds. The molecule has 1 aliphatic heterocycles. The van der Waals surface area contributed by atoms with E-state index in [2.05, 4.69) is 5.10 Å². The van der Waals surface area contributed by atoms with Crippen LogP contribution in [0.5, 0.6) is 0 Å². The summed E-state index contributed by atoms with van der Waals surface area (Å²) in [7, 11) is 1.72. The van der Waals surface area contributed by atoms with Gasteiger partial charge in [0.05, 0.1) is 6.20 Å². The predicted octanol–water partition coefficient (Wildman–Crippen LogP) is 0.237. The van der Waals surface area contributed by atoms with Gasteiger partial charge >= 0.3 is 0 Å². The smallest absolute Gasteiger partial charge is 0.259 e. The van der Waals surface area contributed by atoms with Gasteiger partial charge in [-0.1, -0.05) is 0 Å². The number of likely N-dealkylation sites (tertiary alicyclic amines) is 1. The molecule has 1 fully saturated rings. The highest BCUT2D eigenvalue weighted by Crippen LogP contribution is 2.22. The Morgan fingerprint density at radius 1 is 1.67 bits per heavy atom. The number of carbonyl (C=O) groups excluding carboxylic acids is 1. The van der Waals surface area contributed by atoms with E-state index in [4.69, 9.17) is 10.8 Å². The molecule has 1 atom stereocenters. The van der Waals surface area contributed by atoms with Crippen molar-refractivity contribution >= 4 is 11.7 Å². The Morgan fingerprint density at radius 2 is 2.44 bits per heavy atom. The number of aryl methyl sites for hydroxylation is 1. The van der Waals surface area contributed by atoms with Gasteiger partial charge in [0.1, 0.15) is 11.4 Å². The van der Waals surface area contributed by atoms with Crippen LogP contribution in [0.2, 0.25) is 0 Å². The number of aliphatic hydroxyl groups excluding tert-OH is 1. The average Bonchev–Trinajstić information content (AvgIpc) is 2.70. The number of hydrogen-bond acceptors (Lipinski definition) is 4. The molecular formula is C12H20N4O2. The number of aromatic nitrogens is 2. The molecule has 0 saturated carbocycles. The first-order valence-corrected chi connectivity index (χ1v) is 6.31. The monoisotopic (exact) mass is 252 g/mol. The maximum absolute atomic E-state index is 12.3. The van der Waals surface area contributed by atoms with Crippen molar-refractivity contribution in [1.82, 2.24) is 14.7 Å². The van der Waals surface area contributed by atoms with Crippen LogP contribution in [0, 0.1) is 5.92 Å². The van der Waals surface area contributed by atoms with Crippen LogP contribution in [0.3, 0.4) is 0 Å².